The minimum absolute atomic E-state index is 0.00683. The van der Waals surface area contributed by atoms with Crippen LogP contribution in [0, 0.1) is 13.8 Å². The third-order valence-corrected chi connectivity index (χ3v) is 19.9. The highest BCUT2D eigenvalue weighted by molar-refractivity contribution is 5.89. The van der Waals surface area contributed by atoms with Gasteiger partial charge < -0.3 is 14.7 Å². The summed E-state index contributed by atoms with van der Waals surface area (Å²) in [6, 6.07) is 109. The van der Waals surface area contributed by atoms with E-state index in [2.05, 4.69) is 341 Å². The van der Waals surface area contributed by atoms with Gasteiger partial charge in [-0.2, -0.15) is 0 Å². The van der Waals surface area contributed by atoms with Crippen molar-refractivity contribution >= 4 is 51.2 Å². The predicted octanol–water partition coefficient (Wildman–Crippen LogP) is 27.3. The molecule has 95 heavy (non-hydrogen) atoms. The maximum Gasteiger partial charge on any atom is 0.0467 e. The third kappa shape index (κ3) is 14.0. The van der Waals surface area contributed by atoms with Gasteiger partial charge >= 0.3 is 0 Å². The van der Waals surface area contributed by atoms with Gasteiger partial charge in [-0.1, -0.05) is 261 Å². The Balaban J connectivity index is 0.843. The number of rotatable bonds is 27. The lowest BCUT2D eigenvalue weighted by Gasteiger charge is -2.34. The smallest absolute Gasteiger partial charge is 0.0467 e. The Morgan fingerprint density at radius 1 is 0.242 bits per heavy atom. The van der Waals surface area contributed by atoms with E-state index in [1.54, 1.807) is 0 Å². The van der Waals surface area contributed by atoms with Gasteiger partial charge in [-0.3, -0.25) is 0 Å². The minimum atomic E-state index is -0.00683. The summed E-state index contributed by atoms with van der Waals surface area (Å²) in [4.78, 5) is 7.26. The molecule has 0 fully saturated rings. The minimum Gasteiger partial charge on any atom is -0.310 e. The summed E-state index contributed by atoms with van der Waals surface area (Å²) < 4.78 is 0. The predicted molar refractivity (Wildman–Crippen MR) is 409 cm³/mol. The number of anilines is 9. The van der Waals surface area contributed by atoms with Gasteiger partial charge in [0.2, 0.25) is 0 Å². The molecule has 0 atom stereocenters. The first-order valence-corrected chi connectivity index (χ1v) is 35.3. The van der Waals surface area contributed by atoms with Crippen LogP contribution in [0.3, 0.4) is 0 Å². The fourth-order valence-electron chi connectivity index (χ4n) is 15.0. The first-order valence-electron chi connectivity index (χ1n) is 35.3. The topological polar surface area (TPSA) is 9.72 Å². The summed E-state index contributed by atoms with van der Waals surface area (Å²) in [5.74, 6) is 0. The number of aryl methyl sites for hydroxylation is 3. The number of para-hydroxylation sites is 3. The fraction of sp³-hybridized carbons (Fsp3) is 0.217. The highest BCUT2D eigenvalue weighted by Crippen LogP contribution is 2.56. The number of unbranched alkanes of at least 4 members (excludes halogenated alkanes) is 8. The molecular weight excluding hydrogens is 1150 g/mol. The van der Waals surface area contributed by atoms with Gasteiger partial charge in [0.25, 0.3) is 0 Å². The maximum absolute atomic E-state index is 2.58. The zero-order chi connectivity index (χ0) is 64.9. The summed E-state index contributed by atoms with van der Waals surface area (Å²) in [5.41, 5.74) is 29.5. The van der Waals surface area contributed by atoms with Crippen molar-refractivity contribution in [3.05, 3.63) is 319 Å². The van der Waals surface area contributed by atoms with Crippen LogP contribution in [0.1, 0.15) is 132 Å². The summed E-state index contributed by atoms with van der Waals surface area (Å²) >= 11 is 0. The standard InChI is InChI=1S/C92H91N3/c1-6-9-12-26-60-92(61-27-13-10-7-2)90-45-25-24-44-88(90)89-59-56-85(67-91(89)92)94(79-40-22-16-23-41-79)83-54-57-86(68(4)62-83)87-58-55-84(63-69(87)5)95(80-52-50-72(51-53-80)71-48-46-70(47-49-71)31-17-11-8-3)82-43-30-35-76(66-82)74-33-28-32-73(64-74)75-34-29-42-81(65-75)93(77-36-18-14-19-37-77)78-38-20-15-21-39-78/h14-16,18-25,28-30,32-59,62-67H,6-13,17,26-27,31,60-61H2,1-5H3. The van der Waals surface area contributed by atoms with Crippen molar-refractivity contribution in [2.24, 2.45) is 0 Å². The molecule has 12 aromatic carbocycles. The van der Waals surface area contributed by atoms with Crippen LogP contribution in [0.4, 0.5) is 51.2 Å². The second-order valence-corrected chi connectivity index (χ2v) is 26.4. The number of nitrogens with zero attached hydrogens (tertiary/aromatic N) is 3. The molecule has 0 saturated carbocycles. The zero-order valence-electron chi connectivity index (χ0n) is 56.5. The lowest BCUT2D eigenvalue weighted by Crippen LogP contribution is -2.26. The molecule has 3 heteroatoms. The van der Waals surface area contributed by atoms with Gasteiger partial charge in [-0.15, -0.1) is 0 Å². The molecule has 0 unspecified atom stereocenters. The van der Waals surface area contributed by atoms with Crippen LogP contribution in [0.2, 0.25) is 0 Å². The van der Waals surface area contributed by atoms with Crippen LogP contribution in [0.25, 0.3) is 55.6 Å². The van der Waals surface area contributed by atoms with E-state index in [0.717, 1.165) is 74.2 Å². The Morgan fingerprint density at radius 2 is 0.600 bits per heavy atom. The number of benzene rings is 12. The van der Waals surface area contributed by atoms with Gasteiger partial charge in [-0.05, 0) is 238 Å². The van der Waals surface area contributed by atoms with E-state index in [4.69, 9.17) is 0 Å². The Morgan fingerprint density at radius 3 is 1.08 bits per heavy atom. The van der Waals surface area contributed by atoms with Crippen LogP contribution in [-0.4, -0.2) is 0 Å². The van der Waals surface area contributed by atoms with E-state index in [1.807, 2.05) is 0 Å². The molecule has 474 valence electrons. The summed E-state index contributed by atoms with van der Waals surface area (Å²) in [6.45, 7) is 11.5. The van der Waals surface area contributed by atoms with Gasteiger partial charge in [-0.25, -0.2) is 0 Å². The number of hydrogen-bond donors (Lipinski definition) is 0. The largest absolute Gasteiger partial charge is 0.310 e. The molecule has 3 nitrogen and oxygen atoms in total. The third-order valence-electron chi connectivity index (χ3n) is 19.9. The number of hydrogen-bond acceptors (Lipinski definition) is 3. The first-order chi connectivity index (χ1) is 46.8. The SMILES string of the molecule is CCCCCCC1(CCCCCC)c2ccccc2-c2ccc(N(c3ccccc3)c3ccc(-c4ccc(N(c5ccc(-c6ccc(CCCCC)cc6)cc5)c5cccc(-c6cccc(-c7cccc(N(c8ccccc8)c8ccccc8)c7)c6)c5)cc4C)c(C)c3)cc21. The van der Waals surface area contributed by atoms with Crippen LogP contribution in [0.5, 0.6) is 0 Å². The van der Waals surface area contributed by atoms with E-state index in [0.29, 0.717) is 0 Å². The summed E-state index contributed by atoms with van der Waals surface area (Å²) in [5, 5.41) is 0. The molecule has 0 aliphatic heterocycles. The lowest BCUT2D eigenvalue weighted by molar-refractivity contribution is 0.401. The van der Waals surface area contributed by atoms with Crippen LogP contribution in [-0.2, 0) is 11.8 Å². The molecule has 0 heterocycles. The molecule has 0 spiro atoms. The Bertz CT molecular complexity index is 4440. The molecule has 0 bridgehead atoms. The average Bonchev–Trinajstić information content (AvgIpc) is 1.59. The van der Waals surface area contributed by atoms with Gasteiger partial charge in [0.1, 0.15) is 0 Å². The van der Waals surface area contributed by atoms with Crippen molar-refractivity contribution in [1.82, 2.24) is 0 Å². The summed E-state index contributed by atoms with van der Waals surface area (Å²) in [7, 11) is 0. The van der Waals surface area contributed by atoms with E-state index >= 15 is 0 Å². The normalized spacial score (nSPS) is 12.1. The highest BCUT2D eigenvalue weighted by Gasteiger charge is 2.42. The second kappa shape index (κ2) is 30.0. The Labute approximate surface area is 567 Å². The highest BCUT2D eigenvalue weighted by atomic mass is 15.2. The quantitative estimate of drug-likeness (QED) is 0.0475. The maximum atomic E-state index is 2.58. The van der Waals surface area contributed by atoms with Gasteiger partial charge in [0.05, 0.1) is 0 Å². The molecule has 0 radical (unpaired) electrons. The Hall–Kier alpha value is -9.96. The van der Waals surface area contributed by atoms with Crippen LogP contribution < -0.4 is 14.7 Å². The van der Waals surface area contributed by atoms with Crippen molar-refractivity contribution in [2.75, 3.05) is 14.7 Å². The molecule has 0 aromatic heterocycles. The molecule has 13 rings (SSSR count). The van der Waals surface area contributed by atoms with Crippen LogP contribution in [0.15, 0.2) is 291 Å². The van der Waals surface area contributed by atoms with E-state index in [-0.39, 0.29) is 5.41 Å². The molecular formula is C92H91N3. The van der Waals surface area contributed by atoms with Crippen molar-refractivity contribution in [3.63, 3.8) is 0 Å². The molecule has 0 saturated heterocycles. The summed E-state index contributed by atoms with van der Waals surface area (Å²) in [6.07, 6.45) is 17.3. The van der Waals surface area contributed by atoms with E-state index in [9.17, 15) is 0 Å². The van der Waals surface area contributed by atoms with Gasteiger partial charge in [0, 0.05) is 56.6 Å². The second-order valence-electron chi connectivity index (χ2n) is 26.4. The molecule has 1 aliphatic carbocycles. The van der Waals surface area contributed by atoms with Crippen molar-refractivity contribution in [2.45, 2.75) is 130 Å². The molecule has 1 aliphatic rings. The monoisotopic (exact) mass is 1240 g/mol. The van der Waals surface area contributed by atoms with E-state index in [1.165, 1.54) is 150 Å². The number of fused-ring (bicyclic) bond motifs is 3. The lowest BCUT2D eigenvalue weighted by atomic mass is 9.70. The van der Waals surface area contributed by atoms with Crippen molar-refractivity contribution in [1.29, 1.82) is 0 Å². The molecule has 12 aromatic rings. The van der Waals surface area contributed by atoms with Gasteiger partial charge in [0.15, 0.2) is 0 Å². The first kappa shape index (κ1) is 63.8. The molecule has 0 N–H and O–H groups in total. The Kier molecular flexibility index (Phi) is 20.1. The fourth-order valence-corrected chi connectivity index (χ4v) is 15.0. The van der Waals surface area contributed by atoms with Crippen molar-refractivity contribution in [3.8, 4) is 55.6 Å². The molecule has 0 amide bonds. The van der Waals surface area contributed by atoms with Crippen molar-refractivity contribution < 1.29 is 0 Å². The van der Waals surface area contributed by atoms with E-state index < -0.39 is 0 Å². The zero-order valence-corrected chi connectivity index (χ0v) is 56.5. The van der Waals surface area contributed by atoms with Crippen LogP contribution >= 0.6 is 0 Å². The average molecular weight is 1240 g/mol.